The Labute approximate surface area is 88.3 Å². The third kappa shape index (κ3) is 3.22. The largest absolute Gasteiger partial charge is 0.490 e. The summed E-state index contributed by atoms with van der Waals surface area (Å²) in [6.45, 7) is 3.39. The molecule has 1 rings (SSSR count). The van der Waals surface area contributed by atoms with Crippen LogP contribution in [-0.4, -0.2) is 12.1 Å². The molecule has 0 spiro atoms. The third-order valence-corrected chi connectivity index (χ3v) is 1.93. The van der Waals surface area contributed by atoms with Crippen LogP contribution in [0.3, 0.4) is 0 Å². The van der Waals surface area contributed by atoms with E-state index in [1.165, 1.54) is 12.1 Å². The number of ether oxygens (including phenoxy) is 1. The molecule has 0 aliphatic heterocycles. The van der Waals surface area contributed by atoms with Crippen molar-refractivity contribution in [2.24, 2.45) is 5.73 Å². The van der Waals surface area contributed by atoms with Gasteiger partial charge in [0.2, 0.25) is 0 Å². The summed E-state index contributed by atoms with van der Waals surface area (Å²) in [5.41, 5.74) is 5.33. The Hall–Kier alpha value is -1.60. The maximum Gasteiger partial charge on any atom is 0.135 e. The second-order valence-corrected chi connectivity index (χ2v) is 3.73. The van der Waals surface area contributed by atoms with Gasteiger partial charge in [-0.2, -0.15) is 5.26 Å². The van der Waals surface area contributed by atoms with Crippen LogP contribution in [0, 0.1) is 24.1 Å². The van der Waals surface area contributed by atoms with Crippen molar-refractivity contribution in [2.45, 2.75) is 19.4 Å². The lowest BCUT2D eigenvalue weighted by Gasteiger charge is -2.17. The summed E-state index contributed by atoms with van der Waals surface area (Å²) in [7, 11) is 0. The summed E-state index contributed by atoms with van der Waals surface area (Å²) < 4.78 is 18.2. The van der Waals surface area contributed by atoms with Gasteiger partial charge >= 0.3 is 0 Å². The molecular formula is C11H13FN2O. The lowest BCUT2D eigenvalue weighted by atomic mass is 10.1. The van der Waals surface area contributed by atoms with Crippen LogP contribution in [0.1, 0.15) is 12.5 Å². The molecule has 0 radical (unpaired) electrons. The lowest BCUT2D eigenvalue weighted by Crippen LogP contribution is -2.40. The molecule has 0 aliphatic carbocycles. The fourth-order valence-corrected chi connectivity index (χ4v) is 0.989. The molecule has 3 nitrogen and oxygen atoms in total. The molecule has 0 bridgehead atoms. The smallest absolute Gasteiger partial charge is 0.135 e. The first kappa shape index (κ1) is 11.5. The monoisotopic (exact) mass is 208 g/mol. The minimum absolute atomic E-state index is 0.0355. The zero-order chi connectivity index (χ0) is 11.5. The van der Waals surface area contributed by atoms with Crippen molar-refractivity contribution < 1.29 is 9.13 Å². The molecule has 15 heavy (non-hydrogen) atoms. The van der Waals surface area contributed by atoms with Crippen LogP contribution in [-0.2, 0) is 0 Å². The molecule has 0 aromatic heterocycles. The van der Waals surface area contributed by atoms with E-state index in [4.69, 9.17) is 15.7 Å². The molecule has 0 saturated carbocycles. The molecule has 0 amide bonds. The van der Waals surface area contributed by atoms with Gasteiger partial charge in [0.15, 0.2) is 0 Å². The van der Waals surface area contributed by atoms with E-state index in [-0.39, 0.29) is 12.4 Å². The van der Waals surface area contributed by atoms with Crippen LogP contribution in [0.2, 0.25) is 0 Å². The Kier molecular flexibility index (Phi) is 3.28. The van der Waals surface area contributed by atoms with Crippen molar-refractivity contribution in [3.63, 3.8) is 0 Å². The molecule has 0 fully saturated rings. The number of nitrogens with two attached hydrogens (primary N) is 1. The number of aryl methyl sites for hydroxylation is 1. The van der Waals surface area contributed by atoms with Gasteiger partial charge in [-0.15, -0.1) is 0 Å². The first-order valence-electron chi connectivity index (χ1n) is 4.54. The van der Waals surface area contributed by atoms with Gasteiger partial charge in [-0.1, -0.05) is 6.07 Å². The van der Waals surface area contributed by atoms with Gasteiger partial charge in [0.1, 0.15) is 23.7 Å². The normalized spacial score (nSPS) is 14.1. The Morgan fingerprint density at radius 3 is 2.87 bits per heavy atom. The number of nitriles is 1. The summed E-state index contributed by atoms with van der Waals surface area (Å²) >= 11 is 0. The van der Waals surface area contributed by atoms with Crippen LogP contribution in [0.25, 0.3) is 0 Å². The second kappa shape index (κ2) is 4.28. The topological polar surface area (TPSA) is 59.0 Å². The predicted molar refractivity (Wildman–Crippen MR) is 54.8 cm³/mol. The van der Waals surface area contributed by atoms with Crippen LogP contribution >= 0.6 is 0 Å². The van der Waals surface area contributed by atoms with Gasteiger partial charge in [-0.05, 0) is 25.5 Å². The van der Waals surface area contributed by atoms with Gasteiger partial charge < -0.3 is 10.5 Å². The van der Waals surface area contributed by atoms with Crippen molar-refractivity contribution >= 4 is 0 Å². The first-order valence-corrected chi connectivity index (χ1v) is 4.54. The molecule has 1 atom stereocenters. The highest BCUT2D eigenvalue weighted by Gasteiger charge is 2.18. The van der Waals surface area contributed by atoms with Crippen molar-refractivity contribution in [3.8, 4) is 11.8 Å². The molecule has 1 unspecified atom stereocenters. The highest BCUT2D eigenvalue weighted by atomic mass is 19.1. The van der Waals surface area contributed by atoms with E-state index in [9.17, 15) is 4.39 Å². The second-order valence-electron chi connectivity index (χ2n) is 3.73. The van der Waals surface area contributed by atoms with E-state index in [1.54, 1.807) is 19.9 Å². The summed E-state index contributed by atoms with van der Waals surface area (Å²) in [6.07, 6.45) is 0. The summed E-state index contributed by atoms with van der Waals surface area (Å²) in [4.78, 5) is 0. The molecular weight excluding hydrogens is 195 g/mol. The lowest BCUT2D eigenvalue weighted by molar-refractivity contribution is 0.262. The van der Waals surface area contributed by atoms with Crippen molar-refractivity contribution in [1.29, 1.82) is 5.26 Å². The molecule has 2 N–H and O–H groups in total. The van der Waals surface area contributed by atoms with Crippen LogP contribution in [0.5, 0.6) is 5.75 Å². The molecule has 80 valence electrons. The van der Waals surface area contributed by atoms with Gasteiger partial charge in [0.25, 0.3) is 0 Å². The average molecular weight is 208 g/mol. The Morgan fingerprint density at radius 1 is 1.60 bits per heavy atom. The Morgan fingerprint density at radius 2 is 2.27 bits per heavy atom. The van der Waals surface area contributed by atoms with E-state index >= 15 is 0 Å². The molecule has 0 heterocycles. The van der Waals surface area contributed by atoms with Gasteiger partial charge in [0, 0.05) is 6.07 Å². The molecule has 1 aromatic rings. The number of rotatable bonds is 3. The van der Waals surface area contributed by atoms with Gasteiger partial charge in [-0.3, -0.25) is 0 Å². The Bertz CT molecular complexity index is 396. The quantitative estimate of drug-likeness (QED) is 0.823. The first-order chi connectivity index (χ1) is 6.94. The summed E-state index contributed by atoms with van der Waals surface area (Å²) in [5.74, 6) is 0.0493. The Balaban J connectivity index is 2.74. The van der Waals surface area contributed by atoms with E-state index in [0.29, 0.717) is 5.75 Å². The van der Waals surface area contributed by atoms with E-state index in [0.717, 1.165) is 5.56 Å². The molecule has 4 heteroatoms. The highest BCUT2D eigenvalue weighted by Crippen LogP contribution is 2.19. The number of nitrogens with zero attached hydrogens (tertiary/aromatic N) is 1. The predicted octanol–water partition coefficient (Wildman–Crippen LogP) is 1.75. The molecule has 0 saturated heterocycles. The number of hydrogen-bond donors (Lipinski definition) is 1. The number of halogens is 1. The van der Waals surface area contributed by atoms with E-state index in [2.05, 4.69) is 0 Å². The molecule has 0 aliphatic rings. The molecule has 1 aromatic carbocycles. The van der Waals surface area contributed by atoms with Crippen LogP contribution in [0.4, 0.5) is 4.39 Å². The third-order valence-electron chi connectivity index (χ3n) is 1.93. The minimum atomic E-state index is -1.06. The number of hydrogen-bond acceptors (Lipinski definition) is 3. The number of benzene rings is 1. The SMILES string of the molecule is Cc1ccc(F)cc1OCC(C)(N)C#N. The van der Waals surface area contributed by atoms with Gasteiger partial charge in [-0.25, -0.2) is 4.39 Å². The summed E-state index contributed by atoms with van der Waals surface area (Å²) in [6, 6.07) is 6.16. The fourth-order valence-electron chi connectivity index (χ4n) is 0.989. The maximum atomic E-state index is 12.9. The standard InChI is InChI=1S/C11H13FN2O/c1-8-3-4-9(12)5-10(8)15-7-11(2,14)6-13/h3-5H,7,14H2,1-2H3. The van der Waals surface area contributed by atoms with Gasteiger partial charge in [0.05, 0.1) is 6.07 Å². The highest BCUT2D eigenvalue weighted by molar-refractivity contribution is 5.32. The zero-order valence-electron chi connectivity index (χ0n) is 8.75. The minimum Gasteiger partial charge on any atom is -0.490 e. The van der Waals surface area contributed by atoms with Crippen molar-refractivity contribution in [3.05, 3.63) is 29.6 Å². The van der Waals surface area contributed by atoms with Crippen LogP contribution in [0.15, 0.2) is 18.2 Å². The van der Waals surface area contributed by atoms with Crippen molar-refractivity contribution in [1.82, 2.24) is 0 Å². The van der Waals surface area contributed by atoms with Crippen LogP contribution < -0.4 is 10.5 Å². The van der Waals surface area contributed by atoms with E-state index < -0.39 is 5.54 Å². The maximum absolute atomic E-state index is 12.9. The average Bonchev–Trinajstić information content (AvgIpc) is 2.20. The van der Waals surface area contributed by atoms with E-state index in [1.807, 2.05) is 6.07 Å². The zero-order valence-corrected chi connectivity index (χ0v) is 8.75. The summed E-state index contributed by atoms with van der Waals surface area (Å²) in [5, 5.41) is 8.67. The van der Waals surface area contributed by atoms with Crippen molar-refractivity contribution in [2.75, 3.05) is 6.61 Å². The fraction of sp³-hybridized carbons (Fsp3) is 0.364.